The number of rotatable bonds is 4. The molecule has 0 aromatic heterocycles. The Morgan fingerprint density at radius 2 is 1.68 bits per heavy atom. The molecule has 0 aliphatic heterocycles. The molecule has 2 rings (SSSR count). The van der Waals surface area contributed by atoms with Crippen molar-refractivity contribution in [2.24, 2.45) is 0 Å². The fourth-order valence-corrected chi connectivity index (χ4v) is 1.88. The third kappa shape index (κ3) is 4.87. The third-order valence-electron chi connectivity index (χ3n) is 3.40. The maximum absolute atomic E-state index is 13.5. The van der Waals surface area contributed by atoms with Crippen LogP contribution in [0.25, 0.3) is 0 Å². The molecule has 130 valence electrons. The number of carbonyl (C=O) groups is 3. The predicted molar refractivity (Wildman–Crippen MR) is 88.1 cm³/mol. The van der Waals surface area contributed by atoms with Gasteiger partial charge in [0, 0.05) is 5.56 Å². The molecule has 2 aromatic carbocycles. The van der Waals surface area contributed by atoms with E-state index in [4.69, 9.17) is 4.74 Å². The van der Waals surface area contributed by atoms with Gasteiger partial charge in [0.1, 0.15) is 5.82 Å². The molecule has 2 amide bonds. The molecule has 0 spiro atoms. The van der Waals surface area contributed by atoms with Gasteiger partial charge in [0.2, 0.25) is 0 Å². The summed E-state index contributed by atoms with van der Waals surface area (Å²) in [6.45, 7) is 2.91. The summed E-state index contributed by atoms with van der Waals surface area (Å²) in [5, 5.41) is 0. The zero-order chi connectivity index (χ0) is 18.4. The maximum atomic E-state index is 13.5. The maximum Gasteiger partial charge on any atom is 0.339 e. The molecule has 2 aromatic rings. The summed E-state index contributed by atoms with van der Waals surface area (Å²) in [6, 6.07) is 12.2. The normalized spacial score (nSPS) is 11.3. The molecular weight excluding hydrogens is 327 g/mol. The van der Waals surface area contributed by atoms with Crippen molar-refractivity contribution in [3.8, 4) is 0 Å². The van der Waals surface area contributed by atoms with Crippen LogP contribution in [0.15, 0.2) is 48.5 Å². The Morgan fingerprint density at radius 3 is 2.32 bits per heavy atom. The van der Waals surface area contributed by atoms with Crippen molar-refractivity contribution in [3.05, 3.63) is 71.0 Å². The first-order chi connectivity index (χ1) is 11.9. The predicted octanol–water partition coefficient (Wildman–Crippen LogP) is 2.14. The van der Waals surface area contributed by atoms with E-state index in [1.807, 2.05) is 0 Å². The van der Waals surface area contributed by atoms with E-state index < -0.39 is 29.7 Å². The lowest BCUT2D eigenvalue weighted by Gasteiger charge is -2.14. The first kappa shape index (κ1) is 18.1. The van der Waals surface area contributed by atoms with E-state index in [1.54, 1.807) is 37.3 Å². The van der Waals surface area contributed by atoms with Gasteiger partial charge in [-0.2, -0.15) is 0 Å². The summed E-state index contributed by atoms with van der Waals surface area (Å²) >= 11 is 0. The number of nitrogens with one attached hydrogen (secondary N) is 2. The molecule has 1 atom stereocenters. The van der Waals surface area contributed by atoms with Gasteiger partial charge in [0.05, 0.1) is 5.56 Å². The van der Waals surface area contributed by atoms with Crippen molar-refractivity contribution in [1.29, 1.82) is 0 Å². The molecule has 0 saturated carbocycles. The van der Waals surface area contributed by atoms with Gasteiger partial charge in [-0.15, -0.1) is 0 Å². The van der Waals surface area contributed by atoms with Gasteiger partial charge < -0.3 is 4.74 Å². The summed E-state index contributed by atoms with van der Waals surface area (Å²) in [5.41, 5.74) is 5.14. The van der Waals surface area contributed by atoms with E-state index in [1.165, 1.54) is 19.1 Å². The van der Waals surface area contributed by atoms with E-state index in [9.17, 15) is 18.8 Å². The molecule has 0 saturated heterocycles. The fourth-order valence-electron chi connectivity index (χ4n) is 1.88. The summed E-state index contributed by atoms with van der Waals surface area (Å²) < 4.78 is 18.4. The van der Waals surface area contributed by atoms with E-state index in [0.717, 1.165) is 6.07 Å². The molecule has 0 aliphatic rings. The molecule has 0 aliphatic carbocycles. The largest absolute Gasteiger partial charge is 0.449 e. The first-order valence-electron chi connectivity index (χ1n) is 7.51. The quantitative estimate of drug-likeness (QED) is 0.657. The van der Waals surface area contributed by atoms with Crippen LogP contribution in [0.1, 0.15) is 33.2 Å². The van der Waals surface area contributed by atoms with Gasteiger partial charge in [-0.05, 0) is 43.7 Å². The average Bonchev–Trinajstić information content (AvgIpc) is 2.62. The SMILES string of the molecule is Cc1ccc(C(=O)O[C@H](C)C(=O)NNC(=O)c2ccccc2)cc1F. The van der Waals surface area contributed by atoms with Crippen LogP contribution < -0.4 is 10.9 Å². The average molecular weight is 344 g/mol. The summed E-state index contributed by atoms with van der Waals surface area (Å²) in [6.07, 6.45) is -1.17. The van der Waals surface area contributed by atoms with Crippen LogP contribution in [0.3, 0.4) is 0 Å². The van der Waals surface area contributed by atoms with E-state index >= 15 is 0 Å². The zero-order valence-corrected chi connectivity index (χ0v) is 13.7. The van der Waals surface area contributed by atoms with E-state index in [-0.39, 0.29) is 5.56 Å². The Balaban J connectivity index is 1.88. The molecule has 0 bridgehead atoms. The van der Waals surface area contributed by atoms with Crippen LogP contribution in [0.2, 0.25) is 0 Å². The van der Waals surface area contributed by atoms with Crippen LogP contribution in [-0.2, 0) is 9.53 Å². The second-order valence-corrected chi connectivity index (χ2v) is 5.32. The minimum absolute atomic E-state index is 0.00364. The lowest BCUT2D eigenvalue weighted by atomic mass is 10.1. The van der Waals surface area contributed by atoms with E-state index in [0.29, 0.717) is 11.1 Å². The Kier molecular flexibility index (Phi) is 5.84. The molecule has 0 unspecified atom stereocenters. The highest BCUT2D eigenvalue weighted by molar-refractivity contribution is 5.96. The van der Waals surface area contributed by atoms with Crippen molar-refractivity contribution in [3.63, 3.8) is 0 Å². The minimum atomic E-state index is -1.17. The van der Waals surface area contributed by atoms with Crippen LogP contribution in [-0.4, -0.2) is 23.9 Å². The highest BCUT2D eigenvalue weighted by atomic mass is 19.1. The highest BCUT2D eigenvalue weighted by Gasteiger charge is 2.20. The Morgan fingerprint density at radius 1 is 1.00 bits per heavy atom. The molecular formula is C18H17FN2O4. The molecule has 0 heterocycles. The number of carbonyl (C=O) groups excluding carboxylic acids is 3. The fraction of sp³-hybridized carbons (Fsp3) is 0.167. The van der Waals surface area contributed by atoms with Crippen molar-refractivity contribution in [2.75, 3.05) is 0 Å². The zero-order valence-electron chi connectivity index (χ0n) is 13.7. The van der Waals surface area contributed by atoms with Crippen molar-refractivity contribution >= 4 is 17.8 Å². The molecule has 6 nitrogen and oxygen atoms in total. The molecule has 0 fully saturated rings. The van der Waals surface area contributed by atoms with Crippen molar-refractivity contribution in [2.45, 2.75) is 20.0 Å². The van der Waals surface area contributed by atoms with Gasteiger partial charge in [-0.3, -0.25) is 20.4 Å². The molecule has 0 radical (unpaired) electrons. The number of aryl methyl sites for hydroxylation is 1. The first-order valence-corrected chi connectivity index (χ1v) is 7.51. The monoisotopic (exact) mass is 344 g/mol. The summed E-state index contributed by atoms with van der Waals surface area (Å²) in [4.78, 5) is 35.6. The number of halogens is 1. The summed E-state index contributed by atoms with van der Waals surface area (Å²) in [7, 11) is 0. The standard InChI is InChI=1S/C18H17FN2O4/c1-11-8-9-14(10-15(11)19)18(24)25-12(2)16(22)20-21-17(23)13-6-4-3-5-7-13/h3-10,12H,1-2H3,(H,20,22)(H,21,23)/t12-/m1/s1. The van der Waals surface area contributed by atoms with Crippen LogP contribution in [0, 0.1) is 12.7 Å². The molecule has 7 heteroatoms. The topological polar surface area (TPSA) is 84.5 Å². The van der Waals surface area contributed by atoms with Crippen LogP contribution in [0.4, 0.5) is 4.39 Å². The second kappa shape index (κ2) is 8.05. The smallest absolute Gasteiger partial charge is 0.339 e. The Bertz CT molecular complexity index is 793. The second-order valence-electron chi connectivity index (χ2n) is 5.32. The lowest BCUT2D eigenvalue weighted by Crippen LogP contribution is -2.46. The number of ether oxygens (including phenoxy) is 1. The van der Waals surface area contributed by atoms with Crippen molar-refractivity contribution < 1.29 is 23.5 Å². The van der Waals surface area contributed by atoms with Crippen LogP contribution in [0.5, 0.6) is 0 Å². The van der Waals surface area contributed by atoms with Gasteiger partial charge >= 0.3 is 5.97 Å². The Hall–Kier alpha value is -3.22. The number of hydrogen-bond donors (Lipinski definition) is 2. The van der Waals surface area contributed by atoms with Gasteiger partial charge in [-0.25, -0.2) is 9.18 Å². The highest BCUT2D eigenvalue weighted by Crippen LogP contribution is 2.11. The van der Waals surface area contributed by atoms with Gasteiger partial charge in [0.25, 0.3) is 11.8 Å². The van der Waals surface area contributed by atoms with Crippen LogP contribution >= 0.6 is 0 Å². The third-order valence-corrected chi connectivity index (χ3v) is 3.40. The number of hydrazine groups is 1. The molecule has 25 heavy (non-hydrogen) atoms. The van der Waals surface area contributed by atoms with E-state index in [2.05, 4.69) is 10.9 Å². The Labute approximate surface area is 144 Å². The van der Waals surface area contributed by atoms with Gasteiger partial charge in [-0.1, -0.05) is 24.3 Å². The van der Waals surface area contributed by atoms with Crippen molar-refractivity contribution in [1.82, 2.24) is 10.9 Å². The minimum Gasteiger partial charge on any atom is -0.449 e. The number of hydrogen-bond acceptors (Lipinski definition) is 4. The number of esters is 1. The number of amides is 2. The van der Waals surface area contributed by atoms with Gasteiger partial charge in [0.15, 0.2) is 6.10 Å². The molecule has 2 N–H and O–H groups in total. The summed E-state index contributed by atoms with van der Waals surface area (Å²) in [5.74, 6) is -2.60. The lowest BCUT2D eigenvalue weighted by molar-refractivity contribution is -0.129. The number of benzene rings is 2.